The minimum absolute atomic E-state index is 0.280. The molecule has 0 spiro atoms. The van der Waals surface area contributed by atoms with E-state index in [1.165, 1.54) is 0 Å². The van der Waals surface area contributed by atoms with E-state index in [9.17, 15) is 5.11 Å². The van der Waals surface area contributed by atoms with Crippen molar-refractivity contribution in [1.29, 1.82) is 0 Å². The number of phenolic OH excluding ortho intramolecular Hbond substituents is 1. The average molecular weight is 388 g/mol. The lowest BCUT2D eigenvalue weighted by molar-refractivity contribution is 0.202. The highest BCUT2D eigenvalue weighted by atomic mass is 16.5. The van der Waals surface area contributed by atoms with E-state index < -0.39 is 0 Å². The lowest BCUT2D eigenvalue weighted by atomic mass is 9.76. The number of para-hydroxylation sites is 1. The standard InChI is InChI=1S/C26H29NO2/c1-19-16-21(18-27-24-13-9-8-10-20(24)14-15-29-4)25(28)23(17-19)26(2,3)22-11-6-5-7-12-22/h5-13,16-18,28H,14-15H2,1-4H3. The van der Waals surface area contributed by atoms with Gasteiger partial charge in [-0.05, 0) is 42.2 Å². The molecule has 0 saturated heterocycles. The number of phenols is 1. The zero-order valence-corrected chi connectivity index (χ0v) is 17.6. The number of aromatic hydroxyl groups is 1. The lowest BCUT2D eigenvalue weighted by Crippen LogP contribution is -2.19. The van der Waals surface area contributed by atoms with Gasteiger partial charge in [-0.3, -0.25) is 4.99 Å². The van der Waals surface area contributed by atoms with Crippen molar-refractivity contribution < 1.29 is 9.84 Å². The van der Waals surface area contributed by atoms with Crippen LogP contribution in [0.5, 0.6) is 5.75 Å². The van der Waals surface area contributed by atoms with E-state index >= 15 is 0 Å². The smallest absolute Gasteiger partial charge is 0.128 e. The molecule has 3 aromatic rings. The molecule has 0 heterocycles. The Bertz CT molecular complexity index is 991. The minimum atomic E-state index is -0.323. The number of aliphatic imine (C=N–C) groups is 1. The molecule has 0 aliphatic heterocycles. The van der Waals surface area contributed by atoms with E-state index in [0.29, 0.717) is 6.61 Å². The Morgan fingerprint density at radius 1 is 1.00 bits per heavy atom. The second-order valence-corrected chi connectivity index (χ2v) is 7.87. The summed E-state index contributed by atoms with van der Waals surface area (Å²) in [5.41, 5.74) is 5.58. The molecule has 29 heavy (non-hydrogen) atoms. The average Bonchev–Trinajstić information content (AvgIpc) is 2.73. The molecule has 0 bridgehead atoms. The fourth-order valence-corrected chi connectivity index (χ4v) is 3.59. The van der Waals surface area contributed by atoms with E-state index in [2.05, 4.69) is 43.1 Å². The molecule has 3 heteroatoms. The molecular weight excluding hydrogens is 358 g/mol. The van der Waals surface area contributed by atoms with Crippen LogP contribution in [0.1, 0.15) is 41.7 Å². The van der Waals surface area contributed by atoms with Crippen molar-refractivity contribution in [1.82, 2.24) is 0 Å². The number of nitrogens with zero attached hydrogens (tertiary/aromatic N) is 1. The molecule has 3 nitrogen and oxygen atoms in total. The molecule has 3 aromatic carbocycles. The Kier molecular flexibility index (Phi) is 6.50. The summed E-state index contributed by atoms with van der Waals surface area (Å²) in [5, 5.41) is 11.1. The summed E-state index contributed by atoms with van der Waals surface area (Å²) in [5.74, 6) is 0.280. The Morgan fingerprint density at radius 2 is 1.69 bits per heavy atom. The van der Waals surface area contributed by atoms with Crippen molar-refractivity contribution in [2.24, 2.45) is 4.99 Å². The third-order valence-electron chi connectivity index (χ3n) is 5.36. The quantitative estimate of drug-likeness (QED) is 0.508. The molecule has 0 fully saturated rings. The number of hydrogen-bond donors (Lipinski definition) is 1. The molecule has 0 aromatic heterocycles. The van der Waals surface area contributed by atoms with Crippen molar-refractivity contribution in [2.45, 2.75) is 32.6 Å². The van der Waals surface area contributed by atoms with Gasteiger partial charge in [0.1, 0.15) is 5.75 Å². The summed E-state index contributed by atoms with van der Waals surface area (Å²) in [6.07, 6.45) is 2.56. The monoisotopic (exact) mass is 387 g/mol. The highest BCUT2D eigenvalue weighted by Gasteiger charge is 2.27. The van der Waals surface area contributed by atoms with Gasteiger partial charge in [-0.2, -0.15) is 0 Å². The molecule has 0 saturated carbocycles. The molecular formula is C26H29NO2. The predicted molar refractivity (Wildman–Crippen MR) is 121 cm³/mol. The van der Waals surface area contributed by atoms with Crippen molar-refractivity contribution >= 4 is 11.9 Å². The van der Waals surface area contributed by atoms with Crippen LogP contribution in [0.2, 0.25) is 0 Å². The van der Waals surface area contributed by atoms with Crippen LogP contribution in [0.4, 0.5) is 5.69 Å². The number of methoxy groups -OCH3 is 1. The predicted octanol–water partition coefficient (Wildman–Crippen LogP) is 5.97. The highest BCUT2D eigenvalue weighted by molar-refractivity contribution is 5.87. The second kappa shape index (κ2) is 9.06. The van der Waals surface area contributed by atoms with Crippen LogP contribution in [0.15, 0.2) is 71.7 Å². The first-order valence-electron chi connectivity index (χ1n) is 9.94. The molecule has 3 rings (SSSR count). The zero-order valence-electron chi connectivity index (χ0n) is 17.6. The van der Waals surface area contributed by atoms with E-state index in [4.69, 9.17) is 4.74 Å². The van der Waals surface area contributed by atoms with Gasteiger partial charge in [0.05, 0.1) is 12.3 Å². The maximum Gasteiger partial charge on any atom is 0.128 e. The summed E-state index contributed by atoms with van der Waals surface area (Å²) < 4.78 is 5.20. The molecule has 0 unspecified atom stereocenters. The number of hydrogen-bond acceptors (Lipinski definition) is 3. The van der Waals surface area contributed by atoms with Gasteiger partial charge in [0.2, 0.25) is 0 Å². The highest BCUT2D eigenvalue weighted by Crippen LogP contribution is 2.39. The second-order valence-electron chi connectivity index (χ2n) is 7.87. The van der Waals surface area contributed by atoms with Crippen LogP contribution in [0.25, 0.3) is 0 Å². The van der Waals surface area contributed by atoms with Gasteiger partial charge in [0, 0.05) is 29.9 Å². The Hall–Kier alpha value is -2.91. The zero-order chi connectivity index (χ0) is 20.9. The van der Waals surface area contributed by atoms with Crippen molar-refractivity contribution in [3.05, 3.63) is 94.5 Å². The number of ether oxygens (including phenoxy) is 1. The van der Waals surface area contributed by atoms with Crippen LogP contribution < -0.4 is 0 Å². The van der Waals surface area contributed by atoms with Gasteiger partial charge in [0.25, 0.3) is 0 Å². The van der Waals surface area contributed by atoms with Gasteiger partial charge in [-0.1, -0.05) is 68.4 Å². The summed E-state index contributed by atoms with van der Waals surface area (Å²) >= 11 is 0. The van der Waals surface area contributed by atoms with Crippen molar-refractivity contribution in [3.63, 3.8) is 0 Å². The summed E-state index contributed by atoms with van der Waals surface area (Å²) in [6, 6.07) is 22.3. The SMILES string of the molecule is COCCc1ccccc1N=Cc1cc(C)cc(C(C)(C)c2ccccc2)c1O. The van der Waals surface area contributed by atoms with E-state index in [1.54, 1.807) is 13.3 Å². The Morgan fingerprint density at radius 3 is 2.41 bits per heavy atom. The van der Waals surface area contributed by atoms with Gasteiger partial charge in [-0.15, -0.1) is 0 Å². The maximum absolute atomic E-state index is 11.1. The Balaban J connectivity index is 2.00. The molecule has 150 valence electrons. The largest absolute Gasteiger partial charge is 0.507 e. The van der Waals surface area contributed by atoms with Gasteiger partial charge in [-0.25, -0.2) is 0 Å². The maximum atomic E-state index is 11.1. The van der Waals surface area contributed by atoms with E-state index in [1.807, 2.05) is 49.4 Å². The number of benzene rings is 3. The van der Waals surface area contributed by atoms with Crippen molar-refractivity contribution in [2.75, 3.05) is 13.7 Å². The van der Waals surface area contributed by atoms with E-state index in [0.717, 1.165) is 39.9 Å². The van der Waals surface area contributed by atoms with Gasteiger partial charge >= 0.3 is 0 Å². The number of rotatable bonds is 7. The first-order chi connectivity index (χ1) is 13.9. The normalized spacial score (nSPS) is 11.9. The molecule has 0 aliphatic rings. The van der Waals surface area contributed by atoms with E-state index in [-0.39, 0.29) is 11.2 Å². The summed E-state index contributed by atoms with van der Waals surface area (Å²) in [7, 11) is 1.70. The Labute approximate surface area is 173 Å². The minimum Gasteiger partial charge on any atom is -0.507 e. The fraction of sp³-hybridized carbons (Fsp3) is 0.269. The third-order valence-corrected chi connectivity index (χ3v) is 5.36. The lowest BCUT2D eigenvalue weighted by Gasteiger charge is -2.28. The summed E-state index contributed by atoms with van der Waals surface area (Å²) in [4.78, 5) is 4.69. The fourth-order valence-electron chi connectivity index (χ4n) is 3.59. The number of aryl methyl sites for hydroxylation is 1. The van der Waals surface area contributed by atoms with Gasteiger partial charge in [0.15, 0.2) is 0 Å². The molecule has 0 amide bonds. The molecule has 0 radical (unpaired) electrons. The first kappa shape index (κ1) is 20.8. The molecule has 1 N–H and O–H groups in total. The molecule has 0 aliphatic carbocycles. The first-order valence-corrected chi connectivity index (χ1v) is 9.94. The van der Waals surface area contributed by atoms with Crippen LogP contribution in [-0.4, -0.2) is 25.0 Å². The van der Waals surface area contributed by atoms with Crippen LogP contribution in [0, 0.1) is 6.92 Å². The van der Waals surface area contributed by atoms with Crippen molar-refractivity contribution in [3.8, 4) is 5.75 Å². The van der Waals surface area contributed by atoms with Gasteiger partial charge < -0.3 is 9.84 Å². The third kappa shape index (κ3) is 4.75. The molecule has 0 atom stereocenters. The van der Waals surface area contributed by atoms with Crippen LogP contribution >= 0.6 is 0 Å². The summed E-state index contributed by atoms with van der Waals surface area (Å²) in [6.45, 7) is 6.97. The topological polar surface area (TPSA) is 41.8 Å². The van der Waals surface area contributed by atoms with Crippen LogP contribution in [0.3, 0.4) is 0 Å². The van der Waals surface area contributed by atoms with Crippen LogP contribution in [-0.2, 0) is 16.6 Å².